The molecule has 0 saturated heterocycles. The van der Waals surface area contributed by atoms with Gasteiger partial charge >= 0.3 is 12.1 Å². The highest BCUT2D eigenvalue weighted by Crippen LogP contribution is 2.30. The lowest BCUT2D eigenvalue weighted by molar-refractivity contribution is -0.135. The number of nitrogen functional groups attached to an aromatic ring is 1. The third-order valence-corrected chi connectivity index (χ3v) is 3.50. The number of nitrogens with one attached hydrogen (secondary N) is 1. The predicted octanol–water partition coefficient (Wildman–Crippen LogP) is 3.65. The first-order valence-corrected chi connectivity index (χ1v) is 7.02. The van der Waals surface area contributed by atoms with Crippen molar-refractivity contribution < 1.29 is 22.7 Å². The van der Waals surface area contributed by atoms with Crippen molar-refractivity contribution in [2.24, 2.45) is 0 Å². The third kappa shape index (κ3) is 5.68. The van der Waals surface area contributed by atoms with Crippen molar-refractivity contribution in [2.75, 3.05) is 24.2 Å². The van der Waals surface area contributed by atoms with E-state index in [2.05, 4.69) is 5.32 Å². The van der Waals surface area contributed by atoms with Gasteiger partial charge in [0, 0.05) is 13.0 Å². The topological polar surface area (TPSA) is 64.3 Å². The Hall–Kier alpha value is -1.44. The maximum atomic E-state index is 11.9. The zero-order valence-electron chi connectivity index (χ0n) is 11.0. The van der Waals surface area contributed by atoms with E-state index in [1.807, 2.05) is 0 Å². The second kappa shape index (κ2) is 7.37. The summed E-state index contributed by atoms with van der Waals surface area (Å²) in [7, 11) is 0. The summed E-state index contributed by atoms with van der Waals surface area (Å²) in [6.45, 7) is 2.36. The second-order valence-corrected chi connectivity index (χ2v) is 5.17. The van der Waals surface area contributed by atoms with E-state index in [4.69, 9.17) is 10.5 Å². The smallest absolute Gasteiger partial charge is 0.389 e. The number of hydrogen-bond donors (Lipinski definition) is 2. The van der Waals surface area contributed by atoms with Crippen LogP contribution in [-0.2, 0) is 4.74 Å². The molecule has 3 N–H and O–H groups in total. The minimum atomic E-state index is -4.11. The highest BCUT2D eigenvalue weighted by atomic mass is 32.1. The molecule has 0 radical (unpaired) electrons. The normalized spacial score (nSPS) is 11.4. The monoisotopic (exact) mass is 310 g/mol. The van der Waals surface area contributed by atoms with Crippen molar-refractivity contribution in [3.8, 4) is 0 Å². The van der Waals surface area contributed by atoms with Crippen LogP contribution in [0.4, 0.5) is 23.9 Å². The Morgan fingerprint density at radius 2 is 2.15 bits per heavy atom. The number of rotatable bonds is 7. The van der Waals surface area contributed by atoms with Crippen LogP contribution in [0.25, 0.3) is 0 Å². The van der Waals surface area contributed by atoms with Crippen LogP contribution in [0.15, 0.2) is 6.07 Å². The lowest BCUT2D eigenvalue weighted by Gasteiger charge is -2.06. The lowest BCUT2D eigenvalue weighted by Crippen LogP contribution is -2.08. The number of thiophene rings is 1. The van der Waals surface area contributed by atoms with Crippen LogP contribution < -0.4 is 11.1 Å². The molecule has 1 heterocycles. The average molecular weight is 310 g/mol. The summed E-state index contributed by atoms with van der Waals surface area (Å²) in [6, 6.07) is 1.58. The fourth-order valence-corrected chi connectivity index (χ4v) is 2.41. The maximum absolute atomic E-state index is 11.9. The molecular formula is C12H17F3N2O2S. The molecule has 0 aliphatic carbocycles. The van der Waals surface area contributed by atoms with E-state index >= 15 is 0 Å². The van der Waals surface area contributed by atoms with Crippen LogP contribution in [0, 0.1) is 0 Å². The highest BCUT2D eigenvalue weighted by molar-refractivity contribution is 7.18. The summed E-state index contributed by atoms with van der Waals surface area (Å²) in [5.41, 5.74) is 5.99. The SMILES string of the molecule is CCOC(=O)c1sc(NCCCCC(F)(F)F)cc1N. The Labute approximate surface area is 119 Å². The molecule has 0 bridgehead atoms. The van der Waals surface area contributed by atoms with Gasteiger partial charge in [-0.2, -0.15) is 13.2 Å². The summed E-state index contributed by atoms with van der Waals surface area (Å²) in [5.74, 6) is -0.486. The van der Waals surface area contributed by atoms with Gasteiger partial charge in [0.05, 0.1) is 17.3 Å². The molecule has 0 fully saturated rings. The van der Waals surface area contributed by atoms with Crippen molar-refractivity contribution in [3.63, 3.8) is 0 Å². The van der Waals surface area contributed by atoms with E-state index in [0.717, 1.165) is 11.3 Å². The summed E-state index contributed by atoms with van der Waals surface area (Å²) >= 11 is 1.14. The molecule has 0 amide bonds. The molecule has 8 heteroatoms. The third-order valence-electron chi connectivity index (χ3n) is 2.41. The highest BCUT2D eigenvalue weighted by Gasteiger charge is 2.25. The zero-order chi connectivity index (χ0) is 15.2. The number of unbranched alkanes of at least 4 members (excludes halogenated alkanes) is 1. The molecule has 4 nitrogen and oxygen atoms in total. The van der Waals surface area contributed by atoms with Gasteiger partial charge < -0.3 is 15.8 Å². The Morgan fingerprint density at radius 3 is 2.75 bits per heavy atom. The standard InChI is InChI=1S/C12H17F3N2O2S/c1-2-19-11(18)10-8(16)7-9(20-10)17-6-4-3-5-12(13,14)15/h7,17H,2-6,16H2,1H3. The lowest BCUT2D eigenvalue weighted by atomic mass is 10.2. The average Bonchev–Trinajstić information content (AvgIpc) is 2.69. The number of alkyl halides is 3. The molecule has 1 aromatic rings. The van der Waals surface area contributed by atoms with Crippen LogP contribution >= 0.6 is 11.3 Å². The maximum Gasteiger partial charge on any atom is 0.389 e. The van der Waals surface area contributed by atoms with Gasteiger partial charge in [-0.15, -0.1) is 11.3 Å². The van der Waals surface area contributed by atoms with Gasteiger partial charge in [-0.25, -0.2) is 4.79 Å². The first-order chi connectivity index (χ1) is 9.33. The molecule has 0 spiro atoms. The quantitative estimate of drug-likeness (QED) is 0.596. The van der Waals surface area contributed by atoms with Gasteiger partial charge in [-0.05, 0) is 25.8 Å². The van der Waals surface area contributed by atoms with Crippen LogP contribution in [-0.4, -0.2) is 25.3 Å². The Bertz CT molecular complexity index is 446. The van der Waals surface area contributed by atoms with Gasteiger partial charge in [0.15, 0.2) is 0 Å². The summed E-state index contributed by atoms with van der Waals surface area (Å²) in [4.78, 5) is 11.8. The van der Waals surface area contributed by atoms with Crippen molar-refractivity contribution in [2.45, 2.75) is 32.4 Å². The molecule has 1 aromatic heterocycles. The predicted molar refractivity (Wildman–Crippen MR) is 73.1 cm³/mol. The van der Waals surface area contributed by atoms with Crippen molar-refractivity contribution in [3.05, 3.63) is 10.9 Å². The van der Waals surface area contributed by atoms with Crippen molar-refractivity contribution >= 4 is 28.0 Å². The molecule has 0 aliphatic heterocycles. The molecule has 114 valence electrons. The molecule has 0 saturated carbocycles. The minimum Gasteiger partial charge on any atom is -0.462 e. The van der Waals surface area contributed by atoms with Crippen LogP contribution in [0.1, 0.15) is 35.9 Å². The van der Waals surface area contributed by atoms with E-state index < -0.39 is 18.6 Å². The minimum absolute atomic E-state index is 0.0715. The molecule has 0 aliphatic rings. The second-order valence-electron chi connectivity index (χ2n) is 4.11. The van der Waals surface area contributed by atoms with E-state index in [-0.39, 0.29) is 13.0 Å². The Kier molecular flexibility index (Phi) is 6.12. The number of carbonyl (C=O) groups excluding carboxylic acids is 1. The molecule has 0 unspecified atom stereocenters. The van der Waals surface area contributed by atoms with Crippen molar-refractivity contribution in [1.82, 2.24) is 0 Å². The molecule has 0 atom stereocenters. The van der Waals surface area contributed by atoms with E-state index in [1.54, 1.807) is 13.0 Å². The molecule has 20 heavy (non-hydrogen) atoms. The molecular weight excluding hydrogens is 293 g/mol. The molecule has 0 aromatic carbocycles. The zero-order valence-corrected chi connectivity index (χ0v) is 11.9. The molecule has 1 rings (SSSR count). The van der Waals surface area contributed by atoms with E-state index in [0.29, 0.717) is 28.5 Å². The largest absolute Gasteiger partial charge is 0.462 e. The number of esters is 1. The van der Waals surface area contributed by atoms with Gasteiger partial charge in [-0.3, -0.25) is 0 Å². The number of nitrogens with two attached hydrogens (primary N) is 1. The number of carbonyl (C=O) groups is 1. The number of hydrogen-bond acceptors (Lipinski definition) is 5. The number of halogens is 3. The van der Waals surface area contributed by atoms with Crippen LogP contribution in [0.5, 0.6) is 0 Å². The van der Waals surface area contributed by atoms with Gasteiger partial charge in [-0.1, -0.05) is 0 Å². The number of anilines is 2. The van der Waals surface area contributed by atoms with Crippen LogP contribution in [0.3, 0.4) is 0 Å². The van der Waals surface area contributed by atoms with Gasteiger partial charge in [0.1, 0.15) is 4.88 Å². The van der Waals surface area contributed by atoms with E-state index in [9.17, 15) is 18.0 Å². The summed E-state index contributed by atoms with van der Waals surface area (Å²) in [6.07, 6.45) is -4.42. The summed E-state index contributed by atoms with van der Waals surface area (Å²) in [5, 5.41) is 3.60. The fraction of sp³-hybridized carbons (Fsp3) is 0.583. The first kappa shape index (κ1) is 16.6. The van der Waals surface area contributed by atoms with Gasteiger partial charge in [0.25, 0.3) is 0 Å². The Balaban J connectivity index is 2.38. The van der Waals surface area contributed by atoms with Crippen molar-refractivity contribution in [1.29, 1.82) is 0 Å². The first-order valence-electron chi connectivity index (χ1n) is 6.20. The fourth-order valence-electron chi connectivity index (χ4n) is 1.51. The summed E-state index contributed by atoms with van der Waals surface area (Å²) < 4.78 is 40.7. The van der Waals surface area contributed by atoms with Crippen LogP contribution in [0.2, 0.25) is 0 Å². The number of ether oxygens (including phenoxy) is 1. The van der Waals surface area contributed by atoms with E-state index in [1.165, 1.54) is 0 Å². The Morgan fingerprint density at radius 1 is 1.45 bits per heavy atom. The van der Waals surface area contributed by atoms with Gasteiger partial charge in [0.2, 0.25) is 0 Å².